The average Bonchev–Trinajstić information content (AvgIpc) is 2.48. The molecule has 1 atom stereocenters. The maximum Gasteiger partial charge on any atom is 0.243 e. The molecule has 0 saturated carbocycles. The van der Waals surface area contributed by atoms with Crippen LogP contribution in [0.25, 0.3) is 0 Å². The minimum absolute atomic E-state index is 0.129. The summed E-state index contributed by atoms with van der Waals surface area (Å²) in [5.74, 6) is 1.29. The van der Waals surface area contributed by atoms with Crippen molar-refractivity contribution in [2.75, 3.05) is 0 Å². The van der Waals surface area contributed by atoms with Crippen molar-refractivity contribution in [1.82, 2.24) is 10.1 Å². The van der Waals surface area contributed by atoms with E-state index in [0.717, 1.165) is 18.7 Å². The summed E-state index contributed by atoms with van der Waals surface area (Å²) in [6, 6.07) is -0.129. The number of hydrogen-bond donors (Lipinski definition) is 1. The quantitative estimate of drug-likeness (QED) is 0.805. The van der Waals surface area contributed by atoms with Gasteiger partial charge in [-0.05, 0) is 11.8 Å². The van der Waals surface area contributed by atoms with Crippen molar-refractivity contribution >= 4 is 0 Å². The molecule has 1 unspecified atom stereocenters. The summed E-state index contributed by atoms with van der Waals surface area (Å²) in [5.41, 5.74) is 5.95. The fourth-order valence-corrected chi connectivity index (χ4v) is 1.14. The first kappa shape index (κ1) is 11.2. The summed E-state index contributed by atoms with van der Waals surface area (Å²) < 4.78 is 5.08. The molecule has 0 saturated heterocycles. The summed E-state index contributed by atoms with van der Waals surface area (Å²) >= 11 is 0. The average molecular weight is 197 g/mol. The predicted octanol–water partition coefficient (Wildman–Crippen LogP) is 2.07. The van der Waals surface area contributed by atoms with Gasteiger partial charge in [0.05, 0.1) is 6.04 Å². The van der Waals surface area contributed by atoms with Gasteiger partial charge in [0.2, 0.25) is 5.89 Å². The van der Waals surface area contributed by atoms with Crippen LogP contribution in [0.2, 0.25) is 0 Å². The summed E-state index contributed by atoms with van der Waals surface area (Å²) in [7, 11) is 0. The zero-order chi connectivity index (χ0) is 10.8. The highest BCUT2D eigenvalue weighted by molar-refractivity contribution is 4.93. The van der Waals surface area contributed by atoms with Gasteiger partial charge in [-0.1, -0.05) is 32.9 Å². The second-order valence-corrected chi connectivity index (χ2v) is 4.80. The molecule has 1 aromatic heterocycles. The van der Waals surface area contributed by atoms with Gasteiger partial charge in [-0.2, -0.15) is 4.98 Å². The predicted molar refractivity (Wildman–Crippen MR) is 54.7 cm³/mol. The van der Waals surface area contributed by atoms with Crippen LogP contribution in [0.4, 0.5) is 0 Å². The summed E-state index contributed by atoms with van der Waals surface area (Å²) in [6.45, 7) is 8.42. The fourth-order valence-electron chi connectivity index (χ4n) is 1.14. The van der Waals surface area contributed by atoms with Crippen molar-refractivity contribution in [3.63, 3.8) is 0 Å². The molecule has 1 aromatic rings. The first-order valence-corrected chi connectivity index (χ1v) is 5.00. The lowest BCUT2D eigenvalue weighted by Gasteiger charge is -2.14. The van der Waals surface area contributed by atoms with Gasteiger partial charge >= 0.3 is 0 Å². The Bertz CT molecular complexity index is 288. The van der Waals surface area contributed by atoms with E-state index in [1.807, 2.05) is 6.92 Å². The van der Waals surface area contributed by atoms with E-state index in [9.17, 15) is 0 Å². The fraction of sp³-hybridized carbons (Fsp3) is 0.800. The SMILES string of the molecule is CCC(N)c1nc(CC(C)(C)C)no1. The third-order valence-electron chi connectivity index (χ3n) is 1.93. The smallest absolute Gasteiger partial charge is 0.243 e. The van der Waals surface area contributed by atoms with Crippen LogP contribution in [0.3, 0.4) is 0 Å². The third kappa shape index (κ3) is 3.10. The molecule has 0 bridgehead atoms. The molecule has 4 nitrogen and oxygen atoms in total. The Labute approximate surface area is 84.9 Å². The standard InChI is InChI=1S/C10H19N3O/c1-5-7(11)9-12-8(13-14-9)6-10(2,3)4/h7H,5-6,11H2,1-4H3. The largest absolute Gasteiger partial charge is 0.338 e. The van der Waals surface area contributed by atoms with E-state index >= 15 is 0 Å². The normalized spacial score (nSPS) is 14.4. The van der Waals surface area contributed by atoms with E-state index in [1.54, 1.807) is 0 Å². The number of rotatable bonds is 3. The Morgan fingerprint density at radius 2 is 2.07 bits per heavy atom. The van der Waals surface area contributed by atoms with Crippen LogP contribution in [0.5, 0.6) is 0 Å². The Morgan fingerprint density at radius 1 is 1.43 bits per heavy atom. The van der Waals surface area contributed by atoms with Crippen molar-refractivity contribution in [3.05, 3.63) is 11.7 Å². The Balaban J connectivity index is 2.69. The maximum atomic E-state index is 5.78. The number of nitrogens with two attached hydrogens (primary N) is 1. The number of nitrogens with zero attached hydrogens (tertiary/aromatic N) is 2. The van der Waals surface area contributed by atoms with E-state index in [-0.39, 0.29) is 11.5 Å². The summed E-state index contributed by atoms with van der Waals surface area (Å²) in [6.07, 6.45) is 1.63. The zero-order valence-electron chi connectivity index (χ0n) is 9.37. The number of hydrogen-bond acceptors (Lipinski definition) is 4. The monoisotopic (exact) mass is 197 g/mol. The highest BCUT2D eigenvalue weighted by Crippen LogP contribution is 2.19. The van der Waals surface area contributed by atoms with E-state index < -0.39 is 0 Å². The van der Waals surface area contributed by atoms with E-state index in [0.29, 0.717) is 5.89 Å². The van der Waals surface area contributed by atoms with Crippen molar-refractivity contribution < 1.29 is 4.52 Å². The molecule has 0 aliphatic heterocycles. The summed E-state index contributed by atoms with van der Waals surface area (Å²) in [4.78, 5) is 4.26. The second kappa shape index (κ2) is 4.09. The first-order chi connectivity index (χ1) is 6.42. The van der Waals surface area contributed by atoms with Crippen molar-refractivity contribution in [2.24, 2.45) is 11.1 Å². The highest BCUT2D eigenvalue weighted by Gasteiger charge is 2.18. The van der Waals surface area contributed by atoms with Crippen LogP contribution in [-0.2, 0) is 6.42 Å². The molecule has 0 spiro atoms. The highest BCUT2D eigenvalue weighted by atomic mass is 16.5. The lowest BCUT2D eigenvalue weighted by Crippen LogP contribution is -2.12. The van der Waals surface area contributed by atoms with Crippen LogP contribution in [0.15, 0.2) is 4.52 Å². The minimum Gasteiger partial charge on any atom is -0.338 e. The molecule has 0 radical (unpaired) electrons. The van der Waals surface area contributed by atoms with Gasteiger partial charge < -0.3 is 10.3 Å². The Hall–Kier alpha value is -0.900. The van der Waals surface area contributed by atoms with E-state index in [1.165, 1.54) is 0 Å². The van der Waals surface area contributed by atoms with Gasteiger partial charge in [-0.25, -0.2) is 0 Å². The molecule has 14 heavy (non-hydrogen) atoms. The van der Waals surface area contributed by atoms with E-state index in [4.69, 9.17) is 10.3 Å². The maximum absolute atomic E-state index is 5.78. The zero-order valence-corrected chi connectivity index (χ0v) is 9.37. The lowest BCUT2D eigenvalue weighted by atomic mass is 9.92. The lowest BCUT2D eigenvalue weighted by molar-refractivity contribution is 0.338. The van der Waals surface area contributed by atoms with Gasteiger partial charge in [0, 0.05) is 6.42 Å². The van der Waals surface area contributed by atoms with Gasteiger partial charge in [-0.3, -0.25) is 0 Å². The molecule has 80 valence electrons. The molecule has 4 heteroatoms. The summed E-state index contributed by atoms with van der Waals surface area (Å²) in [5, 5.41) is 3.90. The topological polar surface area (TPSA) is 64.9 Å². The van der Waals surface area contributed by atoms with Crippen LogP contribution in [0, 0.1) is 5.41 Å². The molecule has 0 fully saturated rings. The van der Waals surface area contributed by atoms with Gasteiger partial charge in [0.1, 0.15) is 0 Å². The second-order valence-electron chi connectivity index (χ2n) is 4.80. The molecule has 0 aromatic carbocycles. The molecule has 0 aliphatic rings. The number of aromatic nitrogens is 2. The van der Waals surface area contributed by atoms with Gasteiger partial charge in [0.25, 0.3) is 0 Å². The molecular formula is C10H19N3O. The van der Waals surface area contributed by atoms with E-state index in [2.05, 4.69) is 30.9 Å². The van der Waals surface area contributed by atoms with Gasteiger partial charge in [-0.15, -0.1) is 0 Å². The van der Waals surface area contributed by atoms with Crippen molar-refractivity contribution in [3.8, 4) is 0 Å². The molecule has 2 N–H and O–H groups in total. The van der Waals surface area contributed by atoms with Crippen molar-refractivity contribution in [1.29, 1.82) is 0 Å². The Morgan fingerprint density at radius 3 is 2.57 bits per heavy atom. The first-order valence-electron chi connectivity index (χ1n) is 5.00. The van der Waals surface area contributed by atoms with Crippen molar-refractivity contribution in [2.45, 2.75) is 46.6 Å². The third-order valence-corrected chi connectivity index (χ3v) is 1.93. The molecule has 1 rings (SSSR count). The molecule has 0 aliphatic carbocycles. The molecule has 0 amide bonds. The van der Waals surface area contributed by atoms with Crippen LogP contribution in [0.1, 0.15) is 51.9 Å². The minimum atomic E-state index is -0.129. The van der Waals surface area contributed by atoms with Gasteiger partial charge in [0.15, 0.2) is 5.82 Å². The molecule has 1 heterocycles. The molecular weight excluding hydrogens is 178 g/mol. The van der Waals surface area contributed by atoms with Crippen LogP contribution >= 0.6 is 0 Å². The Kier molecular flexibility index (Phi) is 3.26. The van der Waals surface area contributed by atoms with Crippen LogP contribution < -0.4 is 5.73 Å². The van der Waals surface area contributed by atoms with Crippen LogP contribution in [-0.4, -0.2) is 10.1 Å².